The number of aromatic nitrogens is 2. The number of carbonyl (C=O) groups is 3. The minimum Gasteiger partial charge on any atom is -0.352 e. The van der Waals surface area contributed by atoms with E-state index in [1.54, 1.807) is 24.3 Å². The summed E-state index contributed by atoms with van der Waals surface area (Å²) in [4.78, 5) is 52.5. The molecule has 0 aliphatic carbocycles. The van der Waals surface area contributed by atoms with Gasteiger partial charge in [0.15, 0.2) is 5.82 Å². The first kappa shape index (κ1) is 23.0. The second-order valence-electron chi connectivity index (χ2n) is 9.11. The zero-order valence-corrected chi connectivity index (χ0v) is 19.9. The van der Waals surface area contributed by atoms with Crippen molar-refractivity contribution in [1.29, 1.82) is 0 Å². The molecule has 0 unspecified atom stereocenters. The first-order chi connectivity index (χ1) is 17.0. The van der Waals surface area contributed by atoms with E-state index in [9.17, 15) is 14.4 Å². The molecule has 3 amide bonds. The predicted octanol–water partition coefficient (Wildman–Crippen LogP) is 3.44. The lowest BCUT2D eigenvalue weighted by Crippen LogP contribution is -2.49. The van der Waals surface area contributed by atoms with E-state index in [4.69, 9.17) is 4.98 Å². The van der Waals surface area contributed by atoms with E-state index in [1.165, 1.54) is 4.90 Å². The quantitative estimate of drug-likeness (QED) is 0.388. The Morgan fingerprint density at radius 3 is 2.06 bits per heavy atom. The van der Waals surface area contributed by atoms with Crippen molar-refractivity contribution in [3.63, 3.8) is 0 Å². The summed E-state index contributed by atoms with van der Waals surface area (Å²) in [7, 11) is 0. The molecule has 2 aromatic carbocycles. The topological polar surface area (TPSA) is 86.7 Å². The lowest BCUT2D eigenvalue weighted by atomic mass is 10.1. The van der Waals surface area contributed by atoms with Crippen LogP contribution in [0.25, 0.3) is 11.0 Å². The second-order valence-corrected chi connectivity index (χ2v) is 9.11. The number of imide groups is 1. The number of nitrogens with zero attached hydrogens (tertiary/aromatic N) is 5. The molecule has 1 fully saturated rings. The number of rotatable bonds is 7. The molecule has 8 heteroatoms. The van der Waals surface area contributed by atoms with Gasteiger partial charge in [-0.3, -0.25) is 19.3 Å². The van der Waals surface area contributed by atoms with Crippen molar-refractivity contribution >= 4 is 34.6 Å². The van der Waals surface area contributed by atoms with Crippen LogP contribution in [0, 0.1) is 6.92 Å². The van der Waals surface area contributed by atoms with E-state index < -0.39 is 0 Å². The molecule has 3 heterocycles. The first-order valence-corrected chi connectivity index (χ1v) is 12.2. The predicted molar refractivity (Wildman–Crippen MR) is 133 cm³/mol. The van der Waals surface area contributed by atoms with E-state index in [1.807, 2.05) is 36.1 Å². The average molecular weight is 472 g/mol. The van der Waals surface area contributed by atoms with Crippen LogP contribution in [0.5, 0.6) is 0 Å². The average Bonchev–Trinajstić information content (AvgIpc) is 3.13. The summed E-state index contributed by atoms with van der Waals surface area (Å²) in [5.74, 6) is 0.618. The van der Waals surface area contributed by atoms with Crippen molar-refractivity contribution < 1.29 is 14.4 Å². The van der Waals surface area contributed by atoms with E-state index in [0.717, 1.165) is 48.5 Å². The zero-order chi connectivity index (χ0) is 24.4. The van der Waals surface area contributed by atoms with Gasteiger partial charge in [-0.05, 0) is 44.0 Å². The van der Waals surface area contributed by atoms with Crippen LogP contribution in [0.3, 0.4) is 0 Å². The van der Waals surface area contributed by atoms with Gasteiger partial charge in [0.25, 0.3) is 11.8 Å². The molecular formula is C27H29N5O3. The minimum absolute atomic E-state index is 0.159. The Kier molecular flexibility index (Phi) is 6.44. The second kappa shape index (κ2) is 9.82. The van der Waals surface area contributed by atoms with Gasteiger partial charge < -0.3 is 9.80 Å². The monoisotopic (exact) mass is 471 g/mol. The summed E-state index contributed by atoms with van der Waals surface area (Å²) in [6.45, 7) is 5.18. The normalized spacial score (nSPS) is 15.7. The summed E-state index contributed by atoms with van der Waals surface area (Å²) in [6, 6.07) is 14.8. The molecule has 8 nitrogen and oxygen atoms in total. The SMILES string of the molecule is Cc1nc2ccccc2nc1N1CCN(C(=O)CCCCCN2C(=O)c3ccccc3C2=O)CC1. The molecule has 1 aromatic heterocycles. The number of unbranched alkanes of at least 4 members (excludes halogenated alkanes) is 2. The summed E-state index contributed by atoms with van der Waals surface area (Å²) < 4.78 is 0. The van der Waals surface area contributed by atoms with Crippen molar-refractivity contribution in [3.05, 3.63) is 65.4 Å². The number of hydrogen-bond acceptors (Lipinski definition) is 6. The highest BCUT2D eigenvalue weighted by molar-refractivity contribution is 6.21. The maximum atomic E-state index is 12.7. The van der Waals surface area contributed by atoms with E-state index in [-0.39, 0.29) is 17.7 Å². The molecular weight excluding hydrogens is 442 g/mol. The first-order valence-electron chi connectivity index (χ1n) is 12.2. The van der Waals surface area contributed by atoms with Crippen LogP contribution >= 0.6 is 0 Å². The summed E-state index contributed by atoms with van der Waals surface area (Å²) in [5.41, 5.74) is 3.65. The number of piperazine rings is 1. The van der Waals surface area contributed by atoms with Crippen molar-refractivity contribution in [2.75, 3.05) is 37.6 Å². The van der Waals surface area contributed by atoms with Gasteiger partial charge in [0.1, 0.15) is 0 Å². The zero-order valence-electron chi connectivity index (χ0n) is 19.9. The summed E-state index contributed by atoms with van der Waals surface area (Å²) >= 11 is 0. The van der Waals surface area contributed by atoms with Gasteiger partial charge >= 0.3 is 0 Å². The number of amides is 3. The number of aryl methyl sites for hydroxylation is 1. The van der Waals surface area contributed by atoms with Crippen molar-refractivity contribution in [2.24, 2.45) is 0 Å². The highest BCUT2D eigenvalue weighted by Gasteiger charge is 2.34. The van der Waals surface area contributed by atoms with Gasteiger partial charge in [0.05, 0.1) is 27.9 Å². The van der Waals surface area contributed by atoms with Gasteiger partial charge in [-0.2, -0.15) is 0 Å². The molecule has 5 rings (SSSR count). The number of anilines is 1. The maximum Gasteiger partial charge on any atom is 0.261 e. The minimum atomic E-state index is -0.217. The highest BCUT2D eigenvalue weighted by Crippen LogP contribution is 2.24. The molecule has 0 spiro atoms. The lowest BCUT2D eigenvalue weighted by molar-refractivity contribution is -0.131. The Morgan fingerprint density at radius 1 is 0.800 bits per heavy atom. The molecule has 35 heavy (non-hydrogen) atoms. The maximum absolute atomic E-state index is 12.7. The molecule has 0 atom stereocenters. The smallest absolute Gasteiger partial charge is 0.261 e. The van der Waals surface area contributed by atoms with E-state index >= 15 is 0 Å². The Bertz CT molecular complexity index is 1250. The number of para-hydroxylation sites is 2. The van der Waals surface area contributed by atoms with E-state index in [2.05, 4.69) is 9.88 Å². The number of benzene rings is 2. The molecule has 0 saturated carbocycles. The number of carbonyl (C=O) groups excluding carboxylic acids is 3. The summed E-state index contributed by atoms with van der Waals surface area (Å²) in [5, 5.41) is 0. The molecule has 2 aliphatic heterocycles. The lowest BCUT2D eigenvalue weighted by Gasteiger charge is -2.36. The van der Waals surface area contributed by atoms with Crippen LogP contribution in [0.4, 0.5) is 5.82 Å². The van der Waals surface area contributed by atoms with Crippen LogP contribution in [0.2, 0.25) is 0 Å². The molecule has 1 saturated heterocycles. The fourth-order valence-electron chi connectivity index (χ4n) is 4.87. The van der Waals surface area contributed by atoms with Crippen molar-refractivity contribution in [3.8, 4) is 0 Å². The third kappa shape index (κ3) is 4.60. The number of fused-ring (bicyclic) bond motifs is 2. The standard InChI is InChI=1S/C27H29N5O3/c1-19-25(29-23-12-7-6-11-22(23)28-19)31-17-15-30(16-18-31)24(33)13-3-2-8-14-32-26(34)20-9-4-5-10-21(20)27(32)35/h4-7,9-12H,2-3,8,13-18H2,1H3. The summed E-state index contributed by atoms with van der Waals surface area (Å²) in [6.07, 6.45) is 2.73. The van der Waals surface area contributed by atoms with Crippen LogP contribution in [0.15, 0.2) is 48.5 Å². The van der Waals surface area contributed by atoms with Crippen LogP contribution in [-0.4, -0.2) is 70.2 Å². The van der Waals surface area contributed by atoms with Crippen LogP contribution in [-0.2, 0) is 4.79 Å². The molecule has 3 aromatic rings. The Hall–Kier alpha value is -3.81. The largest absolute Gasteiger partial charge is 0.352 e. The van der Waals surface area contributed by atoms with Gasteiger partial charge in [-0.15, -0.1) is 0 Å². The number of hydrogen-bond donors (Lipinski definition) is 0. The highest BCUT2D eigenvalue weighted by atomic mass is 16.2. The van der Waals surface area contributed by atoms with Gasteiger partial charge in [0.2, 0.25) is 5.91 Å². The van der Waals surface area contributed by atoms with Crippen molar-refractivity contribution in [2.45, 2.75) is 32.6 Å². The molecule has 180 valence electrons. The Labute approximate surface area is 204 Å². The molecule has 2 aliphatic rings. The van der Waals surface area contributed by atoms with Crippen LogP contribution < -0.4 is 4.90 Å². The molecule has 0 N–H and O–H groups in total. The van der Waals surface area contributed by atoms with E-state index in [0.29, 0.717) is 43.6 Å². The third-order valence-corrected chi connectivity index (χ3v) is 6.80. The molecule has 0 radical (unpaired) electrons. The van der Waals surface area contributed by atoms with Crippen LogP contribution in [0.1, 0.15) is 52.1 Å². The van der Waals surface area contributed by atoms with Gasteiger partial charge in [0, 0.05) is 39.1 Å². The van der Waals surface area contributed by atoms with Gasteiger partial charge in [-0.1, -0.05) is 30.7 Å². The third-order valence-electron chi connectivity index (χ3n) is 6.80. The Morgan fingerprint density at radius 2 is 1.40 bits per heavy atom. The molecule has 0 bridgehead atoms. The fourth-order valence-corrected chi connectivity index (χ4v) is 4.87. The van der Waals surface area contributed by atoms with Crippen molar-refractivity contribution in [1.82, 2.24) is 19.8 Å². The fraction of sp³-hybridized carbons (Fsp3) is 0.370. The van der Waals surface area contributed by atoms with Gasteiger partial charge in [-0.25, -0.2) is 9.97 Å². The Balaban J connectivity index is 1.05.